The van der Waals surface area contributed by atoms with Crippen molar-refractivity contribution in [3.63, 3.8) is 0 Å². The molecule has 0 aromatic carbocycles. The lowest BCUT2D eigenvalue weighted by molar-refractivity contribution is -0.670. The zero-order valence-electron chi connectivity index (χ0n) is 6.10. The largest absolute Gasteiger partial charge is 0.444 e. The molecule has 0 aliphatic heterocycles. The Balaban J connectivity index is 0.000000292. The fourth-order valence-electron chi connectivity index (χ4n) is 0.611. The monoisotopic (exact) mass is 155 g/mol. The van der Waals surface area contributed by atoms with Gasteiger partial charge in [-0.3, -0.25) is 0 Å². The summed E-state index contributed by atoms with van der Waals surface area (Å²) in [6.45, 7) is 0. The fourth-order valence-corrected chi connectivity index (χ4v) is 0.611. The topological polar surface area (TPSA) is 82.4 Å². The van der Waals surface area contributed by atoms with Crippen LogP contribution in [0, 0.1) is 10.1 Å². The zero-order chi connectivity index (χ0) is 8.69. The molecule has 0 saturated heterocycles. The number of aryl methyl sites for hydroxylation is 1. The van der Waals surface area contributed by atoms with E-state index in [0.29, 0.717) is 0 Å². The van der Waals surface area contributed by atoms with Gasteiger partial charge in [-0.1, -0.05) is 0 Å². The first-order valence-corrected chi connectivity index (χ1v) is 2.86. The summed E-state index contributed by atoms with van der Waals surface area (Å²) >= 11 is 0. The van der Waals surface area contributed by atoms with Crippen molar-refractivity contribution in [1.82, 2.24) is 0 Å². The van der Waals surface area contributed by atoms with Crippen molar-refractivity contribution in [2.45, 2.75) is 0 Å². The molecule has 60 valence electrons. The first kappa shape index (κ1) is 9.35. The molecule has 0 bridgehead atoms. The van der Waals surface area contributed by atoms with E-state index in [0.717, 1.165) is 11.0 Å². The number of nitrogen functional groups attached to an aromatic ring is 1. The van der Waals surface area contributed by atoms with E-state index in [1.165, 1.54) is 0 Å². The van der Waals surface area contributed by atoms with E-state index in [1.54, 1.807) is 0 Å². The quantitative estimate of drug-likeness (QED) is 0.333. The van der Waals surface area contributed by atoms with Crippen LogP contribution in [0.3, 0.4) is 0 Å². The fraction of sp³-hybridized carbons (Fsp3) is 0.167. The Labute approximate surface area is 64.0 Å². The molecule has 0 spiro atoms. The third kappa shape index (κ3) is 4.83. The molecular weight excluding hydrogens is 146 g/mol. The van der Waals surface area contributed by atoms with Crippen LogP contribution in [0.5, 0.6) is 0 Å². The Morgan fingerprint density at radius 2 is 2.27 bits per heavy atom. The Bertz CT molecular complexity index is 210. The molecule has 0 atom stereocenters. The average molecular weight is 155 g/mol. The second kappa shape index (κ2) is 5.16. The van der Waals surface area contributed by atoms with Gasteiger partial charge in [0.05, 0.1) is 5.69 Å². The Morgan fingerprint density at radius 1 is 1.73 bits per heavy atom. The molecule has 5 nitrogen and oxygen atoms in total. The van der Waals surface area contributed by atoms with Crippen LogP contribution in [0.25, 0.3) is 0 Å². The molecule has 1 rings (SSSR count). The Hall–Kier alpha value is -1.65. The molecule has 0 radical (unpaired) electrons. The highest BCUT2D eigenvalue weighted by Crippen LogP contribution is 1.90. The van der Waals surface area contributed by atoms with E-state index in [1.807, 2.05) is 36.1 Å². The maximum absolute atomic E-state index is 8.00. The predicted molar refractivity (Wildman–Crippen MR) is 41.2 cm³/mol. The van der Waals surface area contributed by atoms with Crippen LogP contribution in [0.2, 0.25) is 0 Å². The SMILES string of the molecule is C[n+]1cccc(N)c1.O=N[O-]. The summed E-state index contributed by atoms with van der Waals surface area (Å²) in [5, 5.41) is 9.00. The molecule has 0 aliphatic rings. The summed E-state index contributed by atoms with van der Waals surface area (Å²) in [5.41, 5.74) is 6.24. The van der Waals surface area contributed by atoms with Crippen LogP contribution in [0.4, 0.5) is 5.69 Å². The molecule has 2 N–H and O–H groups in total. The number of rotatable bonds is 0. The number of aromatic nitrogens is 1. The predicted octanol–water partition coefficient (Wildman–Crippen LogP) is 0.344. The standard InChI is InChI=1S/C6H9N2.HNO2/c1-8-4-2-3-6(7)5-8;2-1-3/h2-5H,7H2,1H3;(H,2,3)/q+1;/p-1. The number of nitrogens with two attached hydrogens (primary N) is 1. The minimum absolute atomic E-state index is 0.801. The van der Waals surface area contributed by atoms with E-state index in [9.17, 15) is 0 Å². The highest BCUT2D eigenvalue weighted by Gasteiger charge is 1.87. The van der Waals surface area contributed by atoms with Crippen LogP contribution in [0.15, 0.2) is 29.9 Å². The number of hydrogen-bond donors (Lipinski definition) is 1. The van der Waals surface area contributed by atoms with Crippen LogP contribution < -0.4 is 10.3 Å². The maximum Gasteiger partial charge on any atom is 0.191 e. The number of anilines is 1. The maximum atomic E-state index is 8.00. The molecule has 0 aliphatic carbocycles. The van der Waals surface area contributed by atoms with Crippen molar-refractivity contribution in [1.29, 1.82) is 0 Å². The first-order valence-electron chi connectivity index (χ1n) is 2.86. The minimum Gasteiger partial charge on any atom is -0.444 e. The van der Waals surface area contributed by atoms with Gasteiger partial charge in [0.1, 0.15) is 7.05 Å². The molecule has 0 saturated carbocycles. The molecule has 1 aromatic rings. The van der Waals surface area contributed by atoms with Gasteiger partial charge in [0.25, 0.3) is 0 Å². The van der Waals surface area contributed by atoms with E-state index in [2.05, 4.69) is 0 Å². The van der Waals surface area contributed by atoms with Crippen molar-refractivity contribution in [3.8, 4) is 0 Å². The summed E-state index contributed by atoms with van der Waals surface area (Å²) < 4.78 is 1.91. The third-order valence-corrected chi connectivity index (χ3v) is 0.963. The highest BCUT2D eigenvalue weighted by molar-refractivity contribution is 5.30. The van der Waals surface area contributed by atoms with Gasteiger partial charge in [-0.15, -0.1) is 5.34 Å². The number of nitrogens with zero attached hydrogens (tertiary/aromatic N) is 2. The van der Waals surface area contributed by atoms with Crippen molar-refractivity contribution in [2.24, 2.45) is 12.4 Å². The molecular formula is C6H9N3O2. The second-order valence-corrected chi connectivity index (χ2v) is 1.88. The Kier molecular flexibility index (Phi) is 4.39. The van der Waals surface area contributed by atoms with Crippen LogP contribution in [0.1, 0.15) is 0 Å². The highest BCUT2D eigenvalue weighted by atomic mass is 16.6. The summed E-state index contributed by atoms with van der Waals surface area (Å²) in [6.07, 6.45) is 3.80. The molecule has 11 heavy (non-hydrogen) atoms. The van der Waals surface area contributed by atoms with E-state index in [-0.39, 0.29) is 0 Å². The molecule has 1 heterocycles. The second-order valence-electron chi connectivity index (χ2n) is 1.88. The molecule has 0 fully saturated rings. The van der Waals surface area contributed by atoms with Gasteiger partial charge in [0.15, 0.2) is 12.4 Å². The smallest absolute Gasteiger partial charge is 0.191 e. The minimum atomic E-state index is 0.801. The normalized spacial score (nSPS) is 7.73. The van der Waals surface area contributed by atoms with Crippen molar-refractivity contribution < 1.29 is 4.57 Å². The molecule has 0 unspecified atom stereocenters. The van der Waals surface area contributed by atoms with Crippen molar-refractivity contribution in [3.05, 3.63) is 34.6 Å². The van der Waals surface area contributed by atoms with Crippen LogP contribution in [-0.4, -0.2) is 0 Å². The van der Waals surface area contributed by atoms with Crippen molar-refractivity contribution in [2.75, 3.05) is 5.73 Å². The van der Waals surface area contributed by atoms with Gasteiger partial charge in [0.2, 0.25) is 0 Å². The first-order chi connectivity index (χ1) is 5.20. The van der Waals surface area contributed by atoms with Crippen LogP contribution in [-0.2, 0) is 7.05 Å². The number of pyridine rings is 1. The summed E-state index contributed by atoms with van der Waals surface area (Å²) in [7, 11) is 1.94. The molecule has 5 heteroatoms. The lowest BCUT2D eigenvalue weighted by Crippen LogP contribution is -2.26. The van der Waals surface area contributed by atoms with E-state index in [4.69, 9.17) is 15.8 Å². The zero-order valence-corrected chi connectivity index (χ0v) is 6.10. The van der Waals surface area contributed by atoms with Gasteiger partial charge in [0, 0.05) is 6.07 Å². The number of hydrogen-bond acceptors (Lipinski definition) is 4. The lowest BCUT2D eigenvalue weighted by atomic mass is 10.4. The van der Waals surface area contributed by atoms with E-state index < -0.39 is 0 Å². The molecule has 1 aromatic heterocycles. The Morgan fingerprint density at radius 3 is 2.55 bits per heavy atom. The van der Waals surface area contributed by atoms with Gasteiger partial charge in [-0.05, 0) is 6.07 Å². The van der Waals surface area contributed by atoms with Gasteiger partial charge in [-0.2, -0.15) is 0 Å². The molecule has 0 amide bonds. The van der Waals surface area contributed by atoms with Gasteiger partial charge >= 0.3 is 0 Å². The van der Waals surface area contributed by atoms with Gasteiger partial charge in [-0.25, -0.2) is 4.57 Å². The van der Waals surface area contributed by atoms with Gasteiger partial charge < -0.3 is 15.8 Å². The summed E-state index contributed by atoms with van der Waals surface area (Å²) in [4.78, 5) is 8.00. The van der Waals surface area contributed by atoms with Crippen LogP contribution >= 0.6 is 0 Å². The van der Waals surface area contributed by atoms with Crippen molar-refractivity contribution >= 4 is 5.69 Å². The average Bonchev–Trinajstić information content (AvgIpc) is 1.88. The lowest BCUT2D eigenvalue weighted by Gasteiger charge is -1.85. The summed E-state index contributed by atoms with van der Waals surface area (Å²) in [6, 6.07) is 3.77. The third-order valence-electron chi connectivity index (χ3n) is 0.963. The van der Waals surface area contributed by atoms with E-state index >= 15 is 0 Å². The summed E-state index contributed by atoms with van der Waals surface area (Å²) in [5.74, 6) is 0.